The Morgan fingerprint density at radius 2 is 1.58 bits per heavy atom. The third-order valence-corrected chi connectivity index (χ3v) is 4.65. The van der Waals surface area contributed by atoms with E-state index in [1.807, 2.05) is 0 Å². The highest BCUT2D eigenvalue weighted by Gasteiger charge is 2.28. The summed E-state index contributed by atoms with van der Waals surface area (Å²) in [6.07, 6.45) is -0.0501. The number of aromatic hydroxyl groups is 3. The van der Waals surface area contributed by atoms with Gasteiger partial charge >= 0.3 is 7.60 Å². The Labute approximate surface area is 138 Å². The van der Waals surface area contributed by atoms with Crippen LogP contribution < -0.4 is 5.30 Å². The van der Waals surface area contributed by atoms with Crippen molar-refractivity contribution in [2.75, 3.05) is 0 Å². The number of rotatable bonds is 6. The van der Waals surface area contributed by atoms with E-state index in [1.54, 1.807) is 24.3 Å². The van der Waals surface area contributed by atoms with Gasteiger partial charge in [0.25, 0.3) is 0 Å². The van der Waals surface area contributed by atoms with E-state index in [-0.39, 0.29) is 17.7 Å². The van der Waals surface area contributed by atoms with Crippen molar-refractivity contribution < 1.29 is 34.8 Å². The van der Waals surface area contributed by atoms with Crippen molar-refractivity contribution in [3.8, 4) is 17.2 Å². The van der Waals surface area contributed by atoms with Crippen molar-refractivity contribution in [3.63, 3.8) is 0 Å². The Kier molecular flexibility index (Phi) is 5.51. The van der Waals surface area contributed by atoms with Crippen LogP contribution in [0.2, 0.25) is 0 Å². The normalized spacial score (nSPS) is 13.0. The van der Waals surface area contributed by atoms with Crippen LogP contribution in [0.5, 0.6) is 17.2 Å². The number of aliphatic hydroxyl groups excluding tert-OH is 1. The van der Waals surface area contributed by atoms with Crippen molar-refractivity contribution in [1.29, 1.82) is 0 Å². The van der Waals surface area contributed by atoms with Crippen LogP contribution in [-0.4, -0.2) is 30.2 Å². The minimum atomic E-state index is -4.77. The minimum absolute atomic E-state index is 0.152. The molecule has 0 aliphatic rings. The molecule has 0 spiro atoms. The topological polar surface area (TPSA) is 138 Å². The standard InChI is InChI=1S/C16H19O7P/c17-11-6-4-10(5-7-11)2-1-3-13(19)16-14(20)8-12(18)9-15(16)24(21,22)23/h4-9,13,17-20H,1-3H2,(H2,21,22,23). The summed E-state index contributed by atoms with van der Waals surface area (Å²) in [5.41, 5.74) is 0.664. The van der Waals surface area contributed by atoms with Gasteiger partial charge in [0, 0.05) is 11.6 Å². The molecule has 2 aromatic rings. The molecule has 0 aromatic heterocycles. The van der Waals surface area contributed by atoms with Gasteiger partial charge in [-0.15, -0.1) is 0 Å². The molecule has 0 fully saturated rings. The number of hydrogen-bond donors (Lipinski definition) is 6. The first-order valence-corrected chi connectivity index (χ1v) is 8.87. The molecule has 24 heavy (non-hydrogen) atoms. The fourth-order valence-corrected chi connectivity index (χ4v) is 3.38. The smallest absolute Gasteiger partial charge is 0.356 e. The van der Waals surface area contributed by atoms with E-state index < -0.39 is 30.5 Å². The van der Waals surface area contributed by atoms with Gasteiger partial charge < -0.3 is 30.2 Å². The van der Waals surface area contributed by atoms with Crippen molar-refractivity contribution in [3.05, 3.63) is 47.5 Å². The Balaban J connectivity index is 2.13. The molecule has 1 unspecified atom stereocenters. The SMILES string of the molecule is O=P(O)(O)c1cc(O)cc(O)c1C(O)CCCc1ccc(O)cc1. The summed E-state index contributed by atoms with van der Waals surface area (Å²) < 4.78 is 11.5. The third kappa shape index (κ3) is 4.49. The predicted molar refractivity (Wildman–Crippen MR) is 87.5 cm³/mol. The van der Waals surface area contributed by atoms with Gasteiger partial charge in [0.15, 0.2) is 0 Å². The van der Waals surface area contributed by atoms with Crippen LogP contribution in [0.4, 0.5) is 0 Å². The quantitative estimate of drug-likeness (QED) is 0.434. The van der Waals surface area contributed by atoms with E-state index in [0.29, 0.717) is 12.8 Å². The molecule has 2 rings (SSSR count). The Morgan fingerprint density at radius 1 is 0.958 bits per heavy atom. The molecule has 130 valence electrons. The summed E-state index contributed by atoms with van der Waals surface area (Å²) in [5.74, 6) is -0.907. The lowest BCUT2D eigenvalue weighted by Crippen LogP contribution is -2.15. The summed E-state index contributed by atoms with van der Waals surface area (Å²) in [6.45, 7) is 0. The molecular weight excluding hydrogens is 335 g/mol. The maximum absolute atomic E-state index is 11.5. The lowest BCUT2D eigenvalue weighted by Gasteiger charge is -2.18. The zero-order valence-corrected chi connectivity index (χ0v) is 13.6. The molecule has 6 N–H and O–H groups in total. The number of benzene rings is 2. The first-order chi connectivity index (χ1) is 11.2. The second kappa shape index (κ2) is 7.23. The molecule has 0 heterocycles. The fraction of sp³-hybridized carbons (Fsp3) is 0.250. The summed E-state index contributed by atoms with van der Waals surface area (Å²) in [4.78, 5) is 18.7. The second-order valence-electron chi connectivity index (χ2n) is 5.52. The van der Waals surface area contributed by atoms with Gasteiger partial charge in [-0.1, -0.05) is 12.1 Å². The van der Waals surface area contributed by atoms with Crippen molar-refractivity contribution in [2.45, 2.75) is 25.4 Å². The highest BCUT2D eigenvalue weighted by molar-refractivity contribution is 7.60. The molecule has 0 amide bonds. The summed E-state index contributed by atoms with van der Waals surface area (Å²) in [5, 5.41) is 38.1. The Bertz CT molecular complexity index is 752. The number of phenols is 3. The number of aryl methyl sites for hydroxylation is 1. The largest absolute Gasteiger partial charge is 0.508 e. The molecule has 7 nitrogen and oxygen atoms in total. The summed E-state index contributed by atoms with van der Waals surface area (Å²) >= 11 is 0. The number of aliphatic hydroxyl groups is 1. The van der Waals surface area contributed by atoms with E-state index >= 15 is 0 Å². The van der Waals surface area contributed by atoms with Gasteiger partial charge in [0.2, 0.25) is 0 Å². The average molecular weight is 354 g/mol. The predicted octanol–water partition coefficient (Wildman–Crippen LogP) is 1.66. The van der Waals surface area contributed by atoms with Gasteiger partial charge in [-0.05, 0) is 43.0 Å². The van der Waals surface area contributed by atoms with E-state index in [9.17, 15) is 34.8 Å². The average Bonchev–Trinajstić information content (AvgIpc) is 2.47. The van der Waals surface area contributed by atoms with Crippen LogP contribution >= 0.6 is 7.60 Å². The van der Waals surface area contributed by atoms with Crippen LogP contribution in [0.15, 0.2) is 36.4 Å². The van der Waals surface area contributed by atoms with Crippen LogP contribution in [-0.2, 0) is 11.0 Å². The monoisotopic (exact) mass is 354 g/mol. The van der Waals surface area contributed by atoms with Gasteiger partial charge in [-0.3, -0.25) is 4.57 Å². The molecule has 0 aliphatic heterocycles. The van der Waals surface area contributed by atoms with Crippen LogP contribution in [0.1, 0.15) is 30.1 Å². The van der Waals surface area contributed by atoms with Crippen LogP contribution in [0.3, 0.4) is 0 Å². The van der Waals surface area contributed by atoms with Gasteiger partial charge in [-0.2, -0.15) is 0 Å². The zero-order chi connectivity index (χ0) is 17.9. The number of phenolic OH excluding ortho intramolecular Hbond substituents is 3. The molecule has 0 radical (unpaired) electrons. The van der Waals surface area contributed by atoms with E-state index in [2.05, 4.69) is 0 Å². The summed E-state index contributed by atoms with van der Waals surface area (Å²) in [6, 6.07) is 8.34. The Morgan fingerprint density at radius 3 is 2.17 bits per heavy atom. The third-order valence-electron chi connectivity index (χ3n) is 3.65. The summed E-state index contributed by atoms with van der Waals surface area (Å²) in [7, 11) is -4.77. The molecule has 0 bridgehead atoms. The van der Waals surface area contributed by atoms with E-state index in [0.717, 1.165) is 17.7 Å². The van der Waals surface area contributed by atoms with Gasteiger partial charge in [0.05, 0.1) is 11.4 Å². The first-order valence-electron chi connectivity index (χ1n) is 7.26. The van der Waals surface area contributed by atoms with Crippen LogP contribution in [0.25, 0.3) is 0 Å². The lowest BCUT2D eigenvalue weighted by atomic mass is 10.00. The van der Waals surface area contributed by atoms with Crippen molar-refractivity contribution >= 4 is 12.9 Å². The molecule has 0 saturated heterocycles. The molecule has 2 aromatic carbocycles. The Hall–Kier alpha value is -2.05. The molecule has 0 saturated carbocycles. The van der Waals surface area contributed by atoms with Crippen molar-refractivity contribution in [2.24, 2.45) is 0 Å². The zero-order valence-electron chi connectivity index (χ0n) is 12.7. The molecular formula is C16H19O7P. The second-order valence-corrected chi connectivity index (χ2v) is 7.09. The highest BCUT2D eigenvalue weighted by Crippen LogP contribution is 2.41. The minimum Gasteiger partial charge on any atom is -0.508 e. The first kappa shape index (κ1) is 18.3. The number of hydrogen-bond acceptors (Lipinski definition) is 5. The van der Waals surface area contributed by atoms with Gasteiger partial charge in [0.1, 0.15) is 17.2 Å². The molecule has 0 aliphatic carbocycles. The van der Waals surface area contributed by atoms with Crippen LogP contribution in [0, 0.1) is 0 Å². The fourth-order valence-electron chi connectivity index (χ4n) is 2.50. The van der Waals surface area contributed by atoms with Crippen molar-refractivity contribution in [1.82, 2.24) is 0 Å². The van der Waals surface area contributed by atoms with Gasteiger partial charge in [-0.25, -0.2) is 0 Å². The van der Waals surface area contributed by atoms with E-state index in [1.165, 1.54) is 0 Å². The highest BCUT2D eigenvalue weighted by atomic mass is 31.2. The maximum Gasteiger partial charge on any atom is 0.356 e. The van der Waals surface area contributed by atoms with E-state index in [4.69, 9.17) is 0 Å². The lowest BCUT2D eigenvalue weighted by molar-refractivity contribution is 0.161. The maximum atomic E-state index is 11.5. The molecule has 8 heteroatoms. The molecule has 1 atom stereocenters.